The first-order valence-electron chi connectivity index (χ1n) is 8.56. The third-order valence-corrected chi connectivity index (χ3v) is 4.99. The van der Waals surface area contributed by atoms with Gasteiger partial charge in [0.05, 0.1) is 6.54 Å². The molecule has 1 aromatic rings. The second-order valence-corrected chi connectivity index (χ2v) is 7.34. The van der Waals surface area contributed by atoms with Crippen LogP contribution >= 0.6 is 11.6 Å². The third kappa shape index (κ3) is 5.20. The summed E-state index contributed by atoms with van der Waals surface area (Å²) >= 11 is 5.89. The maximum absolute atomic E-state index is 12.2. The summed E-state index contributed by atoms with van der Waals surface area (Å²) in [5.41, 5.74) is 1.17. The highest BCUT2D eigenvalue weighted by Crippen LogP contribution is 2.29. The van der Waals surface area contributed by atoms with Crippen LogP contribution in [0.4, 0.5) is 0 Å². The summed E-state index contributed by atoms with van der Waals surface area (Å²) in [7, 11) is 1.98. The minimum Gasteiger partial charge on any atom is -0.352 e. The Labute approximate surface area is 143 Å². The Hall–Kier alpha value is -1.10. The summed E-state index contributed by atoms with van der Waals surface area (Å²) in [6.45, 7) is 3.46. The van der Waals surface area contributed by atoms with E-state index in [1.165, 1.54) is 18.4 Å². The van der Waals surface area contributed by atoms with Crippen LogP contribution in [0.1, 0.15) is 31.2 Å². The molecule has 1 aliphatic heterocycles. The van der Waals surface area contributed by atoms with Gasteiger partial charge in [0.15, 0.2) is 0 Å². The van der Waals surface area contributed by atoms with Crippen LogP contribution < -0.4 is 5.32 Å². The fourth-order valence-corrected chi connectivity index (χ4v) is 3.45. The van der Waals surface area contributed by atoms with E-state index in [4.69, 9.17) is 11.6 Å². The maximum atomic E-state index is 12.2. The monoisotopic (exact) mass is 335 g/mol. The van der Waals surface area contributed by atoms with Gasteiger partial charge in [0.25, 0.3) is 0 Å². The lowest BCUT2D eigenvalue weighted by molar-refractivity contribution is -0.123. The number of nitrogens with zero attached hydrogens (tertiary/aromatic N) is 2. The highest BCUT2D eigenvalue weighted by Gasteiger charge is 2.32. The molecule has 1 aromatic carbocycles. The van der Waals surface area contributed by atoms with Crippen LogP contribution in [0.15, 0.2) is 24.3 Å². The fourth-order valence-electron chi connectivity index (χ4n) is 3.32. The first-order chi connectivity index (χ1) is 11.1. The Balaban J connectivity index is 1.37. The second kappa shape index (κ2) is 7.65. The van der Waals surface area contributed by atoms with Gasteiger partial charge >= 0.3 is 0 Å². The summed E-state index contributed by atoms with van der Waals surface area (Å²) in [6, 6.07) is 8.98. The van der Waals surface area contributed by atoms with Crippen molar-refractivity contribution < 1.29 is 4.79 Å². The smallest absolute Gasteiger partial charge is 0.234 e. The van der Waals surface area contributed by atoms with E-state index < -0.39 is 0 Å². The fraction of sp³-hybridized carbons (Fsp3) is 0.611. The zero-order valence-corrected chi connectivity index (χ0v) is 14.6. The van der Waals surface area contributed by atoms with Crippen LogP contribution in [0.3, 0.4) is 0 Å². The van der Waals surface area contributed by atoms with E-state index in [-0.39, 0.29) is 5.91 Å². The van der Waals surface area contributed by atoms with Crippen LogP contribution in [-0.2, 0) is 11.3 Å². The van der Waals surface area contributed by atoms with E-state index in [1.54, 1.807) is 0 Å². The SMILES string of the molecule is CN(CC(=O)NC1CCN(C2CC2)CC1)Cc1ccc(Cl)cc1. The van der Waals surface area contributed by atoms with Crippen LogP contribution in [0.5, 0.6) is 0 Å². The van der Waals surface area contributed by atoms with Gasteiger partial charge in [0, 0.05) is 36.7 Å². The van der Waals surface area contributed by atoms with Crippen molar-refractivity contribution in [1.82, 2.24) is 15.1 Å². The van der Waals surface area contributed by atoms with Gasteiger partial charge in [0.2, 0.25) is 5.91 Å². The van der Waals surface area contributed by atoms with Crippen LogP contribution in [-0.4, -0.2) is 54.5 Å². The van der Waals surface area contributed by atoms with Gasteiger partial charge in [-0.2, -0.15) is 0 Å². The Kier molecular flexibility index (Phi) is 5.57. The summed E-state index contributed by atoms with van der Waals surface area (Å²) in [5, 5.41) is 3.94. The summed E-state index contributed by atoms with van der Waals surface area (Å²) in [6.07, 6.45) is 4.91. The van der Waals surface area contributed by atoms with E-state index in [0.717, 1.165) is 43.5 Å². The summed E-state index contributed by atoms with van der Waals surface area (Å²) in [5.74, 6) is 0.131. The minimum atomic E-state index is 0.131. The molecular formula is C18H26ClN3O. The van der Waals surface area contributed by atoms with Crippen LogP contribution in [0.25, 0.3) is 0 Å². The molecule has 2 aliphatic rings. The number of likely N-dealkylation sites (tertiary alicyclic amines) is 1. The quantitative estimate of drug-likeness (QED) is 0.867. The number of rotatable bonds is 6. The average molecular weight is 336 g/mol. The molecule has 0 spiro atoms. The highest BCUT2D eigenvalue weighted by atomic mass is 35.5. The molecule has 1 amide bonds. The molecule has 0 unspecified atom stereocenters. The largest absolute Gasteiger partial charge is 0.352 e. The highest BCUT2D eigenvalue weighted by molar-refractivity contribution is 6.30. The van der Waals surface area contributed by atoms with Gasteiger partial charge in [-0.25, -0.2) is 0 Å². The van der Waals surface area contributed by atoms with Gasteiger partial charge in [0.1, 0.15) is 0 Å². The zero-order chi connectivity index (χ0) is 16.2. The molecule has 4 nitrogen and oxygen atoms in total. The van der Waals surface area contributed by atoms with Crippen molar-refractivity contribution in [2.75, 3.05) is 26.7 Å². The second-order valence-electron chi connectivity index (χ2n) is 6.91. The van der Waals surface area contributed by atoms with Crippen molar-refractivity contribution in [3.8, 4) is 0 Å². The standard InChI is InChI=1S/C18H26ClN3O/c1-21(12-14-2-4-15(19)5-3-14)13-18(23)20-16-8-10-22(11-9-16)17-6-7-17/h2-5,16-17H,6-13H2,1H3,(H,20,23). The number of amides is 1. The number of nitrogens with one attached hydrogen (secondary N) is 1. The molecule has 0 atom stereocenters. The lowest BCUT2D eigenvalue weighted by Gasteiger charge is -2.32. The first kappa shape index (κ1) is 16.7. The van der Waals surface area contributed by atoms with Crippen molar-refractivity contribution in [3.63, 3.8) is 0 Å². The van der Waals surface area contributed by atoms with Gasteiger partial charge in [-0.3, -0.25) is 9.69 Å². The van der Waals surface area contributed by atoms with E-state index in [0.29, 0.717) is 12.6 Å². The number of halogens is 1. The number of benzene rings is 1. The Morgan fingerprint density at radius 2 is 1.87 bits per heavy atom. The molecule has 0 radical (unpaired) electrons. The van der Waals surface area contributed by atoms with Crippen LogP contribution in [0.2, 0.25) is 5.02 Å². The number of hydrogen-bond acceptors (Lipinski definition) is 3. The number of carbonyl (C=O) groups excluding carboxylic acids is 1. The molecule has 23 heavy (non-hydrogen) atoms. The number of likely N-dealkylation sites (N-methyl/N-ethyl adjacent to an activating group) is 1. The Morgan fingerprint density at radius 3 is 2.48 bits per heavy atom. The molecule has 5 heteroatoms. The molecule has 1 heterocycles. The molecular weight excluding hydrogens is 310 g/mol. The molecule has 0 bridgehead atoms. The van der Waals surface area contributed by atoms with Gasteiger partial charge in [-0.15, -0.1) is 0 Å². The number of carbonyl (C=O) groups is 1. The van der Waals surface area contributed by atoms with Gasteiger partial charge in [-0.1, -0.05) is 23.7 Å². The summed E-state index contributed by atoms with van der Waals surface area (Å²) < 4.78 is 0. The third-order valence-electron chi connectivity index (χ3n) is 4.74. The van der Waals surface area contributed by atoms with Crippen molar-refractivity contribution in [2.45, 2.75) is 44.3 Å². The van der Waals surface area contributed by atoms with Crippen LogP contribution in [0, 0.1) is 0 Å². The van der Waals surface area contributed by atoms with E-state index in [9.17, 15) is 4.79 Å². The molecule has 0 aromatic heterocycles. The Morgan fingerprint density at radius 1 is 1.22 bits per heavy atom. The lowest BCUT2D eigenvalue weighted by Crippen LogP contribution is -2.47. The Bertz CT molecular complexity index is 522. The average Bonchev–Trinajstić information content (AvgIpc) is 3.35. The van der Waals surface area contributed by atoms with Crippen molar-refractivity contribution in [1.29, 1.82) is 0 Å². The van der Waals surface area contributed by atoms with E-state index >= 15 is 0 Å². The van der Waals surface area contributed by atoms with Gasteiger partial charge < -0.3 is 10.2 Å². The molecule has 3 rings (SSSR count). The number of piperidine rings is 1. The van der Waals surface area contributed by atoms with Crippen molar-refractivity contribution in [2.24, 2.45) is 0 Å². The van der Waals surface area contributed by atoms with Gasteiger partial charge in [-0.05, 0) is 50.4 Å². The number of hydrogen-bond donors (Lipinski definition) is 1. The maximum Gasteiger partial charge on any atom is 0.234 e. The molecule has 126 valence electrons. The summed E-state index contributed by atoms with van der Waals surface area (Å²) in [4.78, 5) is 16.8. The lowest BCUT2D eigenvalue weighted by atomic mass is 10.0. The molecule has 1 N–H and O–H groups in total. The zero-order valence-electron chi connectivity index (χ0n) is 13.8. The first-order valence-corrected chi connectivity index (χ1v) is 8.94. The topological polar surface area (TPSA) is 35.6 Å². The molecule has 1 aliphatic carbocycles. The predicted molar refractivity (Wildman–Crippen MR) is 93.5 cm³/mol. The van der Waals surface area contributed by atoms with E-state index in [2.05, 4.69) is 10.2 Å². The molecule has 1 saturated heterocycles. The van der Waals surface area contributed by atoms with E-state index in [1.807, 2.05) is 36.2 Å². The van der Waals surface area contributed by atoms with Crippen molar-refractivity contribution >= 4 is 17.5 Å². The molecule has 1 saturated carbocycles. The van der Waals surface area contributed by atoms with Crippen molar-refractivity contribution in [3.05, 3.63) is 34.9 Å². The normalized spacial score (nSPS) is 20.0. The predicted octanol–water partition coefficient (Wildman–Crippen LogP) is 2.51. The molecule has 2 fully saturated rings. The minimum absolute atomic E-state index is 0.131.